The van der Waals surface area contributed by atoms with E-state index >= 15 is 0 Å². The summed E-state index contributed by atoms with van der Waals surface area (Å²) in [4.78, 5) is 0. The quantitative estimate of drug-likeness (QED) is 0.841. The molecule has 0 aliphatic carbocycles. The van der Waals surface area contributed by atoms with Gasteiger partial charge in [0.2, 0.25) is 0 Å². The zero-order chi connectivity index (χ0) is 10.6. The van der Waals surface area contributed by atoms with Crippen molar-refractivity contribution in [2.45, 2.75) is 12.5 Å². The Labute approximate surface area is 87.8 Å². The molecule has 2 nitrogen and oxygen atoms in total. The zero-order valence-corrected chi connectivity index (χ0v) is 8.72. The summed E-state index contributed by atoms with van der Waals surface area (Å²) in [6.45, 7) is 0.536. The van der Waals surface area contributed by atoms with Crippen LogP contribution < -0.4 is 5.73 Å². The Morgan fingerprint density at radius 1 is 1.57 bits per heavy atom. The van der Waals surface area contributed by atoms with E-state index in [1.165, 1.54) is 18.2 Å². The van der Waals surface area contributed by atoms with Crippen molar-refractivity contribution in [3.05, 3.63) is 34.6 Å². The summed E-state index contributed by atoms with van der Waals surface area (Å²) in [7, 11) is 1.60. The first kappa shape index (κ1) is 11.4. The minimum Gasteiger partial charge on any atom is -0.385 e. The Kier molecular flexibility index (Phi) is 4.32. The van der Waals surface area contributed by atoms with Gasteiger partial charge in [-0.1, -0.05) is 11.6 Å². The van der Waals surface area contributed by atoms with Crippen LogP contribution >= 0.6 is 11.6 Å². The second kappa shape index (κ2) is 5.29. The van der Waals surface area contributed by atoms with Gasteiger partial charge in [-0.2, -0.15) is 0 Å². The lowest BCUT2D eigenvalue weighted by Gasteiger charge is -2.12. The molecular formula is C10H13ClFNO. The second-order valence-electron chi connectivity index (χ2n) is 3.05. The van der Waals surface area contributed by atoms with Gasteiger partial charge >= 0.3 is 0 Å². The summed E-state index contributed by atoms with van der Waals surface area (Å²) in [5.41, 5.74) is 6.45. The van der Waals surface area contributed by atoms with Crippen molar-refractivity contribution in [2.24, 2.45) is 5.73 Å². The number of benzene rings is 1. The predicted molar refractivity (Wildman–Crippen MR) is 54.8 cm³/mol. The highest BCUT2D eigenvalue weighted by atomic mass is 35.5. The highest BCUT2D eigenvalue weighted by Crippen LogP contribution is 2.24. The van der Waals surface area contributed by atoms with E-state index in [1.54, 1.807) is 7.11 Å². The maximum absolute atomic E-state index is 12.9. The fraction of sp³-hybridized carbons (Fsp3) is 0.400. The average molecular weight is 218 g/mol. The molecule has 1 aromatic rings. The Morgan fingerprint density at radius 3 is 2.93 bits per heavy atom. The number of halogens is 2. The minimum absolute atomic E-state index is 0.279. The second-order valence-corrected chi connectivity index (χ2v) is 3.46. The Hall–Kier alpha value is -0.640. The summed E-state index contributed by atoms with van der Waals surface area (Å²) >= 11 is 5.88. The van der Waals surface area contributed by atoms with Gasteiger partial charge in [0.25, 0.3) is 0 Å². The van der Waals surface area contributed by atoms with Crippen LogP contribution in [0.15, 0.2) is 18.2 Å². The molecule has 4 heteroatoms. The molecule has 1 aromatic carbocycles. The van der Waals surface area contributed by atoms with Crippen LogP contribution in [-0.4, -0.2) is 13.7 Å². The largest absolute Gasteiger partial charge is 0.385 e. The SMILES string of the molecule is COCCC(N)c1cc(F)ccc1Cl. The minimum atomic E-state index is -0.322. The predicted octanol–water partition coefficient (Wildman–Crippen LogP) is 2.52. The Bertz CT molecular complexity index is 306. The third-order valence-corrected chi connectivity index (χ3v) is 2.33. The van der Waals surface area contributed by atoms with Crippen LogP contribution in [-0.2, 0) is 4.74 Å². The van der Waals surface area contributed by atoms with E-state index in [-0.39, 0.29) is 11.9 Å². The van der Waals surface area contributed by atoms with Crippen molar-refractivity contribution in [3.63, 3.8) is 0 Å². The first-order valence-corrected chi connectivity index (χ1v) is 4.72. The molecule has 1 rings (SSSR count). The third kappa shape index (κ3) is 2.94. The van der Waals surface area contributed by atoms with Crippen LogP contribution in [0.1, 0.15) is 18.0 Å². The van der Waals surface area contributed by atoms with E-state index in [0.29, 0.717) is 23.6 Å². The average Bonchev–Trinajstić information content (AvgIpc) is 2.18. The van der Waals surface area contributed by atoms with Crippen molar-refractivity contribution < 1.29 is 9.13 Å². The lowest BCUT2D eigenvalue weighted by atomic mass is 10.1. The van der Waals surface area contributed by atoms with E-state index in [9.17, 15) is 4.39 Å². The van der Waals surface area contributed by atoms with Crippen molar-refractivity contribution in [3.8, 4) is 0 Å². The fourth-order valence-electron chi connectivity index (χ4n) is 1.20. The van der Waals surface area contributed by atoms with Crippen LogP contribution in [0.4, 0.5) is 4.39 Å². The summed E-state index contributed by atoms with van der Waals surface area (Å²) in [6, 6.07) is 3.91. The molecule has 0 heterocycles. The molecule has 14 heavy (non-hydrogen) atoms. The van der Waals surface area contributed by atoms with Crippen molar-refractivity contribution >= 4 is 11.6 Å². The number of hydrogen-bond acceptors (Lipinski definition) is 2. The lowest BCUT2D eigenvalue weighted by Crippen LogP contribution is -2.13. The number of methoxy groups -OCH3 is 1. The van der Waals surface area contributed by atoms with E-state index < -0.39 is 0 Å². The van der Waals surface area contributed by atoms with E-state index in [0.717, 1.165) is 0 Å². The van der Waals surface area contributed by atoms with Crippen LogP contribution in [0, 0.1) is 5.82 Å². The summed E-state index contributed by atoms with van der Waals surface area (Å²) < 4.78 is 17.8. The monoisotopic (exact) mass is 217 g/mol. The van der Waals surface area contributed by atoms with E-state index in [4.69, 9.17) is 22.1 Å². The lowest BCUT2D eigenvalue weighted by molar-refractivity contribution is 0.188. The van der Waals surface area contributed by atoms with E-state index in [2.05, 4.69) is 0 Å². The summed E-state index contributed by atoms with van der Waals surface area (Å²) in [5, 5.41) is 0.495. The molecule has 0 saturated heterocycles. The van der Waals surface area contributed by atoms with Crippen molar-refractivity contribution in [1.82, 2.24) is 0 Å². The third-order valence-electron chi connectivity index (χ3n) is 1.99. The van der Waals surface area contributed by atoms with Gasteiger partial charge in [-0.05, 0) is 30.2 Å². The number of nitrogens with two attached hydrogens (primary N) is 1. The molecule has 1 unspecified atom stereocenters. The van der Waals surface area contributed by atoms with Crippen LogP contribution in [0.5, 0.6) is 0 Å². The molecule has 0 spiro atoms. The molecule has 0 aliphatic heterocycles. The smallest absolute Gasteiger partial charge is 0.123 e. The molecule has 2 N–H and O–H groups in total. The van der Waals surface area contributed by atoms with Crippen molar-refractivity contribution in [1.29, 1.82) is 0 Å². The highest BCUT2D eigenvalue weighted by molar-refractivity contribution is 6.31. The normalized spacial score (nSPS) is 12.9. The molecule has 0 radical (unpaired) electrons. The highest BCUT2D eigenvalue weighted by Gasteiger charge is 2.10. The van der Waals surface area contributed by atoms with Crippen LogP contribution in [0.2, 0.25) is 5.02 Å². The summed E-state index contributed by atoms with van der Waals surface area (Å²) in [6.07, 6.45) is 0.625. The first-order chi connectivity index (χ1) is 6.65. The van der Waals surface area contributed by atoms with Gasteiger partial charge in [-0.3, -0.25) is 0 Å². The zero-order valence-electron chi connectivity index (χ0n) is 7.97. The number of ether oxygens (including phenoxy) is 1. The van der Waals surface area contributed by atoms with Gasteiger partial charge in [0.1, 0.15) is 5.82 Å². The molecule has 78 valence electrons. The van der Waals surface area contributed by atoms with Gasteiger partial charge in [-0.15, -0.1) is 0 Å². The van der Waals surface area contributed by atoms with Gasteiger partial charge < -0.3 is 10.5 Å². The maximum Gasteiger partial charge on any atom is 0.123 e. The Morgan fingerprint density at radius 2 is 2.29 bits per heavy atom. The topological polar surface area (TPSA) is 35.2 Å². The van der Waals surface area contributed by atoms with Gasteiger partial charge in [-0.25, -0.2) is 4.39 Å². The number of rotatable bonds is 4. The van der Waals surface area contributed by atoms with Crippen molar-refractivity contribution in [2.75, 3.05) is 13.7 Å². The molecule has 0 aromatic heterocycles. The van der Waals surface area contributed by atoms with E-state index in [1.807, 2.05) is 0 Å². The van der Waals surface area contributed by atoms with Gasteiger partial charge in [0.05, 0.1) is 0 Å². The molecule has 0 bridgehead atoms. The Balaban J connectivity index is 2.77. The van der Waals surface area contributed by atoms with Gasteiger partial charge in [0.15, 0.2) is 0 Å². The summed E-state index contributed by atoms with van der Waals surface area (Å²) in [5.74, 6) is -0.322. The molecule has 0 fully saturated rings. The fourth-order valence-corrected chi connectivity index (χ4v) is 1.46. The molecule has 0 saturated carbocycles. The van der Waals surface area contributed by atoms with Crippen LogP contribution in [0.25, 0.3) is 0 Å². The maximum atomic E-state index is 12.9. The van der Waals surface area contributed by atoms with Gasteiger partial charge in [0, 0.05) is 24.8 Å². The molecular weight excluding hydrogens is 205 g/mol. The molecule has 0 amide bonds. The first-order valence-electron chi connectivity index (χ1n) is 4.34. The standard InChI is InChI=1S/C10H13ClFNO/c1-14-5-4-10(13)8-6-7(12)2-3-9(8)11/h2-3,6,10H,4-5,13H2,1H3. The molecule has 0 aliphatic rings. The van der Waals surface area contributed by atoms with Crippen LogP contribution in [0.3, 0.4) is 0 Å². The number of hydrogen-bond donors (Lipinski definition) is 1. The molecule has 1 atom stereocenters.